The third-order valence-corrected chi connectivity index (χ3v) is 7.63. The number of carbonyl (C=O) groups is 1. The van der Waals surface area contributed by atoms with Gasteiger partial charge in [0, 0.05) is 5.02 Å². The average molecular weight is 653 g/mol. The van der Waals surface area contributed by atoms with E-state index in [1.165, 1.54) is 11.8 Å². The highest BCUT2D eigenvalue weighted by Crippen LogP contribution is 2.39. The third kappa shape index (κ3) is 6.06. The maximum absolute atomic E-state index is 13.6. The van der Waals surface area contributed by atoms with Gasteiger partial charge in [-0.3, -0.25) is 9.69 Å². The number of thioether (sulfide) groups is 1. The summed E-state index contributed by atoms with van der Waals surface area (Å²) in [4.78, 5) is 20.6. The zero-order valence-corrected chi connectivity index (χ0v) is 24.0. The number of benzene rings is 4. The number of amides is 1. The van der Waals surface area contributed by atoms with Crippen molar-refractivity contribution in [3.8, 4) is 11.5 Å². The molecule has 1 saturated heterocycles. The Bertz CT molecular complexity index is 1530. The molecule has 4 aromatic rings. The Morgan fingerprint density at radius 3 is 2.42 bits per heavy atom. The molecule has 0 spiro atoms. The number of halogens is 2. The minimum absolute atomic E-state index is 0.133. The van der Waals surface area contributed by atoms with Gasteiger partial charge in [-0.25, -0.2) is 4.99 Å². The lowest BCUT2D eigenvalue weighted by Gasteiger charge is -2.15. The first-order valence-corrected chi connectivity index (χ1v) is 14.0. The zero-order valence-electron chi connectivity index (χ0n) is 20.3. The first-order valence-electron chi connectivity index (χ1n) is 11.7. The summed E-state index contributed by atoms with van der Waals surface area (Å²) in [6, 6.07) is 30.6. The van der Waals surface area contributed by atoms with Gasteiger partial charge in [0.1, 0.15) is 6.61 Å². The van der Waals surface area contributed by atoms with Crippen LogP contribution in [0.1, 0.15) is 11.1 Å². The maximum atomic E-state index is 13.6. The minimum atomic E-state index is -0.133. The van der Waals surface area contributed by atoms with Crippen LogP contribution in [-0.4, -0.2) is 18.2 Å². The van der Waals surface area contributed by atoms with Crippen LogP contribution in [0, 0.1) is 3.57 Å². The zero-order chi connectivity index (χ0) is 26.5. The molecule has 1 fully saturated rings. The third-order valence-electron chi connectivity index (χ3n) is 5.62. The molecule has 0 atom stereocenters. The van der Waals surface area contributed by atoms with E-state index in [2.05, 4.69) is 22.6 Å². The van der Waals surface area contributed by atoms with Crippen molar-refractivity contribution in [3.63, 3.8) is 0 Å². The smallest absolute Gasteiger partial charge is 0.271 e. The number of hydrogen-bond acceptors (Lipinski definition) is 5. The van der Waals surface area contributed by atoms with Gasteiger partial charge in [-0.05, 0) is 100 Å². The van der Waals surface area contributed by atoms with Crippen molar-refractivity contribution >= 4 is 74.5 Å². The molecular formula is C30H22ClIN2O3S. The highest BCUT2D eigenvalue weighted by molar-refractivity contribution is 14.1. The lowest BCUT2D eigenvalue weighted by Crippen LogP contribution is -2.28. The number of anilines is 1. The van der Waals surface area contributed by atoms with Crippen molar-refractivity contribution in [1.82, 2.24) is 0 Å². The molecule has 38 heavy (non-hydrogen) atoms. The van der Waals surface area contributed by atoms with Crippen LogP contribution in [-0.2, 0) is 11.4 Å². The fourth-order valence-corrected chi connectivity index (χ4v) is 5.86. The Morgan fingerprint density at radius 1 is 0.974 bits per heavy atom. The van der Waals surface area contributed by atoms with E-state index in [9.17, 15) is 4.79 Å². The summed E-state index contributed by atoms with van der Waals surface area (Å²) in [7, 11) is 1.60. The molecule has 0 saturated carbocycles. The molecule has 1 heterocycles. The van der Waals surface area contributed by atoms with Gasteiger partial charge >= 0.3 is 0 Å². The summed E-state index contributed by atoms with van der Waals surface area (Å²) in [6.45, 7) is 0.354. The standard InChI is InChI=1S/C30H22ClIN2O3S/c1-36-26-17-21(16-25(32)28(26)37-19-20-9-8-10-22(31)15-20)18-27-29(35)34(24-13-6-3-7-14-24)30(38-27)33-23-11-4-2-5-12-23/h2-18H,19H2,1H3/b27-18+,33-30?. The highest BCUT2D eigenvalue weighted by atomic mass is 127. The van der Waals surface area contributed by atoms with Gasteiger partial charge in [-0.1, -0.05) is 60.1 Å². The van der Waals surface area contributed by atoms with E-state index in [4.69, 9.17) is 26.1 Å². The second kappa shape index (κ2) is 12.1. The lowest BCUT2D eigenvalue weighted by molar-refractivity contribution is -0.113. The summed E-state index contributed by atoms with van der Waals surface area (Å²) in [5, 5.41) is 1.26. The second-order valence-electron chi connectivity index (χ2n) is 8.27. The number of rotatable bonds is 7. The summed E-state index contributed by atoms with van der Waals surface area (Å²) in [5.41, 5.74) is 3.33. The minimum Gasteiger partial charge on any atom is -0.493 e. The van der Waals surface area contributed by atoms with E-state index in [0.29, 0.717) is 33.2 Å². The fourth-order valence-electron chi connectivity index (χ4n) is 3.86. The van der Waals surface area contributed by atoms with Gasteiger partial charge in [-0.15, -0.1) is 0 Å². The molecule has 1 amide bonds. The Labute approximate surface area is 244 Å². The quantitative estimate of drug-likeness (QED) is 0.149. The van der Waals surface area contributed by atoms with Crippen LogP contribution in [0.3, 0.4) is 0 Å². The molecule has 0 radical (unpaired) electrons. The summed E-state index contributed by atoms with van der Waals surface area (Å²) in [6.07, 6.45) is 1.86. The maximum Gasteiger partial charge on any atom is 0.271 e. The van der Waals surface area contributed by atoms with Crippen molar-refractivity contribution in [2.75, 3.05) is 12.0 Å². The molecule has 1 aliphatic rings. The number of methoxy groups -OCH3 is 1. The van der Waals surface area contributed by atoms with Crippen molar-refractivity contribution in [1.29, 1.82) is 0 Å². The first-order chi connectivity index (χ1) is 18.5. The van der Waals surface area contributed by atoms with Crippen LogP contribution < -0.4 is 14.4 Å². The van der Waals surface area contributed by atoms with Gasteiger partial charge in [0.2, 0.25) is 0 Å². The second-order valence-corrected chi connectivity index (χ2v) is 10.9. The van der Waals surface area contributed by atoms with Gasteiger partial charge in [0.25, 0.3) is 5.91 Å². The molecule has 0 unspecified atom stereocenters. The fraction of sp³-hybridized carbons (Fsp3) is 0.0667. The normalized spacial score (nSPS) is 15.3. The predicted octanol–water partition coefficient (Wildman–Crippen LogP) is 8.34. The molecule has 5 nitrogen and oxygen atoms in total. The first kappa shape index (κ1) is 26.3. The van der Waals surface area contributed by atoms with Crippen LogP contribution in [0.25, 0.3) is 6.08 Å². The molecule has 0 aromatic heterocycles. The molecule has 0 N–H and O–H groups in total. The van der Waals surface area contributed by atoms with Gasteiger partial charge in [0.05, 0.1) is 27.0 Å². The molecule has 5 rings (SSSR count). The molecule has 8 heteroatoms. The van der Waals surface area contributed by atoms with E-state index < -0.39 is 0 Å². The van der Waals surface area contributed by atoms with E-state index in [0.717, 1.165) is 26.1 Å². The monoisotopic (exact) mass is 652 g/mol. The SMILES string of the molecule is COc1cc(/C=C2/SC(=Nc3ccccc3)N(c3ccccc3)C2=O)cc(I)c1OCc1cccc(Cl)c1. The number of carbonyl (C=O) groups excluding carboxylic acids is 1. The number of ether oxygens (including phenoxy) is 2. The lowest BCUT2D eigenvalue weighted by atomic mass is 10.1. The van der Waals surface area contributed by atoms with Crippen LogP contribution in [0.4, 0.5) is 11.4 Å². The highest BCUT2D eigenvalue weighted by Gasteiger charge is 2.34. The molecule has 1 aliphatic heterocycles. The largest absolute Gasteiger partial charge is 0.493 e. The predicted molar refractivity (Wildman–Crippen MR) is 165 cm³/mol. The van der Waals surface area contributed by atoms with E-state index >= 15 is 0 Å². The van der Waals surface area contributed by atoms with Crippen molar-refractivity contribution in [2.45, 2.75) is 6.61 Å². The summed E-state index contributed by atoms with van der Waals surface area (Å²) in [5.74, 6) is 1.09. The summed E-state index contributed by atoms with van der Waals surface area (Å²) >= 11 is 9.67. The van der Waals surface area contributed by atoms with Crippen molar-refractivity contribution < 1.29 is 14.3 Å². The number of para-hydroxylation sites is 2. The Morgan fingerprint density at radius 2 is 1.71 bits per heavy atom. The van der Waals surface area contributed by atoms with Crippen LogP contribution in [0.5, 0.6) is 11.5 Å². The number of amidine groups is 1. The Hall–Kier alpha value is -3.27. The number of nitrogens with zero attached hydrogens (tertiary/aromatic N) is 2. The van der Waals surface area contributed by atoms with Gasteiger partial charge in [0.15, 0.2) is 16.7 Å². The van der Waals surface area contributed by atoms with E-state index in [1.54, 1.807) is 12.0 Å². The average Bonchev–Trinajstić information content (AvgIpc) is 3.22. The van der Waals surface area contributed by atoms with E-state index in [1.807, 2.05) is 103 Å². The number of aliphatic imine (C=N–C) groups is 1. The summed E-state index contributed by atoms with van der Waals surface area (Å²) < 4.78 is 12.6. The van der Waals surface area contributed by atoms with Crippen LogP contribution in [0.2, 0.25) is 5.02 Å². The molecular weight excluding hydrogens is 631 g/mol. The molecule has 190 valence electrons. The van der Waals surface area contributed by atoms with Crippen LogP contribution >= 0.6 is 46.0 Å². The Balaban J connectivity index is 1.46. The molecule has 0 aliphatic carbocycles. The van der Waals surface area contributed by atoms with Crippen LogP contribution in [0.15, 0.2) is 107 Å². The van der Waals surface area contributed by atoms with Crippen molar-refractivity contribution in [2.24, 2.45) is 4.99 Å². The Kier molecular flexibility index (Phi) is 8.36. The topological polar surface area (TPSA) is 51.1 Å². The molecule has 4 aromatic carbocycles. The van der Waals surface area contributed by atoms with Gasteiger partial charge in [-0.2, -0.15) is 0 Å². The van der Waals surface area contributed by atoms with Gasteiger partial charge < -0.3 is 9.47 Å². The number of hydrogen-bond donors (Lipinski definition) is 0. The molecule has 0 bridgehead atoms. The van der Waals surface area contributed by atoms with E-state index in [-0.39, 0.29) is 5.91 Å². The van der Waals surface area contributed by atoms with Crippen molar-refractivity contribution in [3.05, 3.63) is 122 Å².